The van der Waals surface area contributed by atoms with Gasteiger partial charge in [0, 0.05) is 24.7 Å². The van der Waals surface area contributed by atoms with E-state index in [1.165, 1.54) is 6.33 Å². The Kier molecular flexibility index (Phi) is 5.68. The summed E-state index contributed by atoms with van der Waals surface area (Å²) in [6.07, 6.45) is 1.02. The molecule has 4 aromatic rings. The van der Waals surface area contributed by atoms with Crippen molar-refractivity contribution >= 4 is 16.9 Å². The lowest BCUT2D eigenvalue weighted by Crippen LogP contribution is -2.45. The predicted octanol–water partition coefficient (Wildman–Crippen LogP) is 4.86. The Morgan fingerprint density at radius 2 is 1.76 bits per heavy atom. The largest absolute Gasteiger partial charge is 0.457 e. The van der Waals surface area contributed by atoms with Gasteiger partial charge in [0.2, 0.25) is 0 Å². The standard InChI is InChI=1S/C25H27FN6O/c1-16(2)31-13-12-21(20(26)14-31)32-25-22(24(27)28-15-29-25)23(30-32)17-8-10-19(11-9-17)33-18-6-4-3-5-7-18/h3-11,15-16,20-21H,12-14H2,1-2H3,(H2,27,28,29)/t20-,21-/m1/s1. The second-order valence-corrected chi connectivity index (χ2v) is 8.65. The lowest BCUT2D eigenvalue weighted by atomic mass is 10.0. The van der Waals surface area contributed by atoms with Crippen molar-refractivity contribution in [3.8, 4) is 22.8 Å². The Morgan fingerprint density at radius 3 is 2.45 bits per heavy atom. The number of fused-ring (bicyclic) bond motifs is 1. The van der Waals surface area contributed by atoms with Crippen LogP contribution in [0.15, 0.2) is 60.9 Å². The third-order valence-electron chi connectivity index (χ3n) is 6.21. The number of halogens is 1. The highest BCUT2D eigenvalue weighted by atomic mass is 19.1. The Bertz CT molecular complexity index is 1240. The van der Waals surface area contributed by atoms with E-state index in [0.717, 1.165) is 17.9 Å². The maximum atomic E-state index is 15.3. The van der Waals surface area contributed by atoms with Crippen LogP contribution in [0.25, 0.3) is 22.3 Å². The number of hydrogen-bond acceptors (Lipinski definition) is 6. The first-order chi connectivity index (χ1) is 16.0. The van der Waals surface area contributed by atoms with Crippen LogP contribution in [0.5, 0.6) is 11.5 Å². The summed E-state index contributed by atoms with van der Waals surface area (Å²) in [5.74, 6) is 1.81. The van der Waals surface area contributed by atoms with Gasteiger partial charge in [0.1, 0.15) is 35.5 Å². The van der Waals surface area contributed by atoms with Crippen LogP contribution in [0.3, 0.4) is 0 Å². The number of hydrogen-bond donors (Lipinski definition) is 1. The van der Waals surface area contributed by atoms with Crippen molar-refractivity contribution in [1.29, 1.82) is 0 Å². The molecule has 33 heavy (non-hydrogen) atoms. The highest BCUT2D eigenvalue weighted by molar-refractivity contribution is 5.98. The number of nitrogens with zero attached hydrogens (tertiary/aromatic N) is 5. The fourth-order valence-electron chi connectivity index (χ4n) is 4.39. The van der Waals surface area contributed by atoms with Crippen LogP contribution in [0.1, 0.15) is 26.3 Å². The Morgan fingerprint density at radius 1 is 1.03 bits per heavy atom. The van der Waals surface area contributed by atoms with Crippen molar-refractivity contribution < 1.29 is 9.13 Å². The minimum absolute atomic E-state index is 0.309. The van der Waals surface area contributed by atoms with Gasteiger partial charge in [0.05, 0.1) is 11.4 Å². The van der Waals surface area contributed by atoms with E-state index < -0.39 is 12.2 Å². The maximum Gasteiger partial charge on any atom is 0.164 e. The highest BCUT2D eigenvalue weighted by Crippen LogP contribution is 2.36. The zero-order chi connectivity index (χ0) is 22.9. The summed E-state index contributed by atoms with van der Waals surface area (Å²) in [6, 6.07) is 17.1. The third kappa shape index (κ3) is 4.14. The van der Waals surface area contributed by atoms with Crippen molar-refractivity contribution in [3.05, 3.63) is 60.9 Å². The number of alkyl halides is 1. The number of piperidine rings is 1. The summed E-state index contributed by atoms with van der Waals surface area (Å²) < 4.78 is 22.9. The minimum atomic E-state index is -1.05. The van der Waals surface area contributed by atoms with Crippen molar-refractivity contribution in [2.45, 2.75) is 38.5 Å². The molecule has 0 bridgehead atoms. The van der Waals surface area contributed by atoms with Gasteiger partial charge in [-0.25, -0.2) is 19.0 Å². The molecule has 0 unspecified atom stereocenters. The molecule has 1 saturated heterocycles. The molecule has 0 radical (unpaired) electrons. The summed E-state index contributed by atoms with van der Waals surface area (Å²) in [4.78, 5) is 10.8. The second-order valence-electron chi connectivity index (χ2n) is 8.65. The van der Waals surface area contributed by atoms with Crippen LogP contribution < -0.4 is 10.5 Å². The molecule has 170 valence electrons. The first kappa shape index (κ1) is 21.3. The molecule has 2 atom stereocenters. The smallest absolute Gasteiger partial charge is 0.164 e. The first-order valence-electron chi connectivity index (χ1n) is 11.2. The van der Waals surface area contributed by atoms with Gasteiger partial charge < -0.3 is 10.5 Å². The lowest BCUT2D eigenvalue weighted by Gasteiger charge is -2.37. The van der Waals surface area contributed by atoms with Gasteiger partial charge in [-0.05, 0) is 56.7 Å². The van der Waals surface area contributed by atoms with E-state index >= 15 is 4.39 Å². The maximum absolute atomic E-state index is 15.3. The summed E-state index contributed by atoms with van der Waals surface area (Å²) in [5, 5.41) is 5.46. The topological polar surface area (TPSA) is 82.1 Å². The third-order valence-corrected chi connectivity index (χ3v) is 6.21. The molecule has 8 heteroatoms. The van der Waals surface area contributed by atoms with Crippen LogP contribution in [0.2, 0.25) is 0 Å². The van der Waals surface area contributed by atoms with Crippen molar-refractivity contribution in [2.24, 2.45) is 0 Å². The van der Waals surface area contributed by atoms with Crippen molar-refractivity contribution in [3.63, 3.8) is 0 Å². The Balaban J connectivity index is 1.49. The van der Waals surface area contributed by atoms with Gasteiger partial charge in [0.15, 0.2) is 5.65 Å². The molecule has 5 rings (SSSR count). The molecule has 0 amide bonds. The van der Waals surface area contributed by atoms with Crippen LogP contribution in [0, 0.1) is 0 Å². The minimum Gasteiger partial charge on any atom is -0.457 e. The van der Waals surface area contributed by atoms with Crippen molar-refractivity contribution in [1.82, 2.24) is 24.6 Å². The molecule has 0 saturated carbocycles. The molecule has 0 aliphatic carbocycles. The quantitative estimate of drug-likeness (QED) is 0.471. The van der Waals surface area contributed by atoms with E-state index in [2.05, 4.69) is 28.7 Å². The Hall–Kier alpha value is -3.52. The molecule has 1 fully saturated rings. The first-order valence-corrected chi connectivity index (χ1v) is 11.2. The van der Waals surface area contributed by atoms with Gasteiger partial charge in [-0.1, -0.05) is 18.2 Å². The fraction of sp³-hybridized carbons (Fsp3) is 0.320. The fourth-order valence-corrected chi connectivity index (χ4v) is 4.39. The number of nitrogen functional groups attached to an aromatic ring is 1. The molecule has 2 N–H and O–H groups in total. The van der Waals surface area contributed by atoms with E-state index in [1.54, 1.807) is 4.68 Å². The molecule has 2 aromatic carbocycles. The molecular weight excluding hydrogens is 419 g/mol. The van der Waals surface area contributed by atoms with E-state index in [4.69, 9.17) is 15.6 Å². The molecule has 0 spiro atoms. The number of likely N-dealkylation sites (tertiary alicyclic amines) is 1. The van der Waals surface area contributed by atoms with Crippen LogP contribution in [0.4, 0.5) is 10.2 Å². The number of benzene rings is 2. The average Bonchev–Trinajstić information content (AvgIpc) is 3.21. The van der Waals surface area contributed by atoms with Crippen LogP contribution in [-0.4, -0.2) is 50.0 Å². The van der Waals surface area contributed by atoms with E-state index in [9.17, 15) is 0 Å². The number of para-hydroxylation sites is 1. The number of ether oxygens (including phenoxy) is 1. The van der Waals surface area contributed by atoms with Crippen molar-refractivity contribution in [2.75, 3.05) is 18.8 Å². The van der Waals surface area contributed by atoms with Gasteiger partial charge in [-0.3, -0.25) is 4.90 Å². The number of aromatic nitrogens is 4. The van der Waals surface area contributed by atoms with Crippen LogP contribution >= 0.6 is 0 Å². The summed E-state index contributed by atoms with van der Waals surface area (Å²) in [6.45, 7) is 5.37. The lowest BCUT2D eigenvalue weighted by molar-refractivity contribution is 0.0668. The van der Waals surface area contributed by atoms with E-state index in [1.807, 2.05) is 54.6 Å². The normalized spacial score (nSPS) is 19.3. The summed E-state index contributed by atoms with van der Waals surface area (Å²) in [5.41, 5.74) is 8.29. The zero-order valence-electron chi connectivity index (χ0n) is 18.7. The Labute approximate surface area is 192 Å². The summed E-state index contributed by atoms with van der Waals surface area (Å²) >= 11 is 0. The molecule has 1 aliphatic rings. The highest BCUT2D eigenvalue weighted by Gasteiger charge is 2.34. The SMILES string of the molecule is CC(C)N1CC[C@@H](n2nc(-c3ccc(Oc4ccccc4)cc3)c3c(N)ncnc32)[C@H](F)C1. The zero-order valence-corrected chi connectivity index (χ0v) is 18.7. The van der Waals surface area contributed by atoms with Crippen LogP contribution in [-0.2, 0) is 0 Å². The molecule has 1 aliphatic heterocycles. The van der Waals surface area contributed by atoms with E-state index in [0.29, 0.717) is 47.3 Å². The molecule has 2 aromatic heterocycles. The molecule has 3 heterocycles. The summed E-state index contributed by atoms with van der Waals surface area (Å²) in [7, 11) is 0. The van der Waals surface area contributed by atoms with Gasteiger partial charge in [0.25, 0.3) is 0 Å². The van der Waals surface area contributed by atoms with Gasteiger partial charge in [-0.2, -0.15) is 5.10 Å². The number of rotatable bonds is 5. The predicted molar refractivity (Wildman–Crippen MR) is 127 cm³/mol. The monoisotopic (exact) mass is 446 g/mol. The van der Waals surface area contributed by atoms with E-state index in [-0.39, 0.29) is 0 Å². The number of nitrogens with two attached hydrogens (primary N) is 1. The van der Waals surface area contributed by atoms with Gasteiger partial charge >= 0.3 is 0 Å². The number of anilines is 1. The molecule has 7 nitrogen and oxygen atoms in total. The van der Waals surface area contributed by atoms with Gasteiger partial charge in [-0.15, -0.1) is 0 Å². The average molecular weight is 447 g/mol. The molecular formula is C25H27FN6O. The second kappa shape index (κ2) is 8.78.